The number of carboxylic acid groups (broad SMARTS) is 1. The van der Waals surface area contributed by atoms with Gasteiger partial charge in [0.25, 0.3) is 0 Å². The molecule has 0 saturated carbocycles. The number of aromatic nitrogens is 3. The van der Waals surface area contributed by atoms with Gasteiger partial charge in [0, 0.05) is 42.3 Å². The molecular weight excluding hydrogens is 442 g/mol. The summed E-state index contributed by atoms with van der Waals surface area (Å²) >= 11 is 0. The Morgan fingerprint density at radius 2 is 1.69 bits per heavy atom. The van der Waals surface area contributed by atoms with E-state index in [1.54, 1.807) is 18.5 Å². The van der Waals surface area contributed by atoms with Crippen LogP contribution in [-0.2, 0) is 13.2 Å². The van der Waals surface area contributed by atoms with E-state index in [0.29, 0.717) is 29.6 Å². The van der Waals surface area contributed by atoms with Crippen molar-refractivity contribution in [3.8, 4) is 28.5 Å². The monoisotopic (exact) mass is 465 g/mol. The van der Waals surface area contributed by atoms with Gasteiger partial charge in [-0.25, -0.2) is 14.8 Å². The van der Waals surface area contributed by atoms with Crippen molar-refractivity contribution >= 4 is 5.97 Å². The molecule has 7 heteroatoms. The van der Waals surface area contributed by atoms with Crippen LogP contribution in [0, 0.1) is 6.92 Å². The number of hydrogen-bond acceptors (Lipinski definition) is 5. The van der Waals surface area contributed by atoms with Gasteiger partial charge in [0.1, 0.15) is 18.1 Å². The minimum Gasteiger partial charge on any atom is -0.478 e. The molecule has 0 spiro atoms. The van der Waals surface area contributed by atoms with Gasteiger partial charge in [-0.3, -0.25) is 0 Å². The standard InChI is InChI=1S/C28H23N3O4/c1-19-25(30-27(35-19)22-10-6-3-7-11-22)18-34-26-13-12-20(14-29-26)15-31-16-23(24(17-31)28(32)33)21-8-4-2-5-9-21/h2-14,16-17H,15,18H2,1H3,(H,32,33). The highest BCUT2D eigenvalue weighted by Crippen LogP contribution is 2.26. The number of carbonyl (C=O) groups is 1. The molecule has 2 aromatic carbocycles. The largest absolute Gasteiger partial charge is 0.478 e. The van der Waals surface area contributed by atoms with Gasteiger partial charge in [-0.15, -0.1) is 0 Å². The average molecular weight is 466 g/mol. The molecule has 0 saturated heterocycles. The number of rotatable bonds is 8. The molecule has 174 valence electrons. The second-order valence-corrected chi connectivity index (χ2v) is 8.11. The van der Waals surface area contributed by atoms with Crippen LogP contribution in [0.5, 0.6) is 5.88 Å². The molecule has 35 heavy (non-hydrogen) atoms. The first-order valence-electron chi connectivity index (χ1n) is 11.1. The maximum atomic E-state index is 11.7. The van der Waals surface area contributed by atoms with Crippen LogP contribution in [0.1, 0.15) is 27.4 Å². The van der Waals surface area contributed by atoms with E-state index < -0.39 is 5.97 Å². The minimum atomic E-state index is -0.956. The number of pyridine rings is 1. The Labute approximate surface area is 202 Å². The molecule has 5 aromatic rings. The first-order valence-corrected chi connectivity index (χ1v) is 11.1. The zero-order valence-corrected chi connectivity index (χ0v) is 19.1. The zero-order valence-electron chi connectivity index (χ0n) is 19.1. The summed E-state index contributed by atoms with van der Waals surface area (Å²) in [5.74, 6) is 0.785. The molecule has 0 unspecified atom stereocenters. The number of carboxylic acids is 1. The summed E-state index contributed by atoms with van der Waals surface area (Å²) in [5, 5.41) is 9.63. The Morgan fingerprint density at radius 1 is 0.971 bits per heavy atom. The lowest BCUT2D eigenvalue weighted by Gasteiger charge is -2.06. The first-order chi connectivity index (χ1) is 17.1. The van der Waals surface area contributed by atoms with E-state index in [9.17, 15) is 9.90 Å². The lowest BCUT2D eigenvalue weighted by atomic mass is 10.1. The van der Waals surface area contributed by atoms with Crippen LogP contribution in [0.2, 0.25) is 0 Å². The first kappa shape index (κ1) is 22.2. The van der Waals surface area contributed by atoms with Crippen LogP contribution < -0.4 is 4.74 Å². The minimum absolute atomic E-state index is 0.245. The quantitative estimate of drug-likeness (QED) is 0.310. The predicted octanol–water partition coefficient (Wildman–Crippen LogP) is 5.84. The molecule has 0 fully saturated rings. The van der Waals surface area contributed by atoms with Gasteiger partial charge >= 0.3 is 5.97 Å². The van der Waals surface area contributed by atoms with E-state index in [2.05, 4.69) is 9.97 Å². The Morgan fingerprint density at radius 3 is 2.34 bits per heavy atom. The van der Waals surface area contributed by atoms with E-state index in [-0.39, 0.29) is 12.2 Å². The molecule has 3 aromatic heterocycles. The summed E-state index contributed by atoms with van der Waals surface area (Å²) < 4.78 is 13.5. The summed E-state index contributed by atoms with van der Waals surface area (Å²) in [4.78, 5) is 20.7. The normalized spacial score (nSPS) is 10.9. The summed E-state index contributed by atoms with van der Waals surface area (Å²) in [6, 6.07) is 22.9. The van der Waals surface area contributed by atoms with E-state index in [1.807, 2.05) is 84.4 Å². The van der Waals surface area contributed by atoms with Gasteiger partial charge < -0.3 is 18.8 Å². The third-order valence-corrected chi connectivity index (χ3v) is 5.63. The molecule has 1 N–H and O–H groups in total. The van der Waals surface area contributed by atoms with Crippen molar-refractivity contribution in [2.24, 2.45) is 0 Å². The fourth-order valence-electron chi connectivity index (χ4n) is 3.83. The van der Waals surface area contributed by atoms with Crippen LogP contribution >= 0.6 is 0 Å². The molecule has 0 aliphatic heterocycles. The third kappa shape index (κ3) is 4.99. The Bertz CT molecular complexity index is 1440. The number of ether oxygens (including phenoxy) is 1. The number of nitrogens with zero attached hydrogens (tertiary/aromatic N) is 3. The maximum absolute atomic E-state index is 11.7. The fraction of sp³-hybridized carbons (Fsp3) is 0.107. The average Bonchev–Trinajstić information content (AvgIpc) is 3.48. The Kier molecular flexibility index (Phi) is 6.13. The van der Waals surface area contributed by atoms with E-state index >= 15 is 0 Å². The number of oxazole rings is 1. The Hall–Kier alpha value is -4.65. The summed E-state index contributed by atoms with van der Waals surface area (Å²) in [5.41, 5.74) is 4.37. The lowest BCUT2D eigenvalue weighted by molar-refractivity contribution is 0.0697. The van der Waals surface area contributed by atoms with Gasteiger partial charge in [0.15, 0.2) is 0 Å². The van der Waals surface area contributed by atoms with Gasteiger partial charge in [-0.05, 0) is 30.2 Å². The second-order valence-electron chi connectivity index (χ2n) is 8.11. The molecular formula is C28H23N3O4. The molecule has 3 heterocycles. The van der Waals surface area contributed by atoms with Gasteiger partial charge in [-0.2, -0.15) is 0 Å². The molecule has 7 nitrogen and oxygen atoms in total. The fourth-order valence-corrected chi connectivity index (χ4v) is 3.83. The van der Waals surface area contributed by atoms with Gasteiger partial charge in [-0.1, -0.05) is 54.6 Å². The van der Waals surface area contributed by atoms with Crippen LogP contribution in [0.3, 0.4) is 0 Å². The van der Waals surface area contributed by atoms with Crippen LogP contribution in [0.4, 0.5) is 0 Å². The SMILES string of the molecule is Cc1oc(-c2ccccc2)nc1COc1ccc(Cn2cc(C(=O)O)c(-c3ccccc3)c2)cn1. The smallest absolute Gasteiger partial charge is 0.337 e. The van der Waals surface area contributed by atoms with Crippen molar-refractivity contribution in [3.63, 3.8) is 0 Å². The van der Waals surface area contributed by atoms with Crippen LogP contribution in [-0.4, -0.2) is 25.6 Å². The topological polar surface area (TPSA) is 90.4 Å². The highest BCUT2D eigenvalue weighted by atomic mass is 16.5. The second kappa shape index (κ2) is 9.69. The Balaban J connectivity index is 1.26. The van der Waals surface area contributed by atoms with Gasteiger partial charge in [0.2, 0.25) is 11.8 Å². The van der Waals surface area contributed by atoms with E-state index in [1.165, 1.54) is 0 Å². The van der Waals surface area contributed by atoms with Crippen molar-refractivity contribution in [2.45, 2.75) is 20.1 Å². The molecule has 0 atom stereocenters. The van der Waals surface area contributed by atoms with Crippen molar-refractivity contribution in [1.29, 1.82) is 0 Å². The predicted molar refractivity (Wildman–Crippen MR) is 131 cm³/mol. The van der Waals surface area contributed by atoms with Crippen molar-refractivity contribution < 1.29 is 19.1 Å². The van der Waals surface area contributed by atoms with Crippen molar-refractivity contribution in [3.05, 3.63) is 114 Å². The third-order valence-electron chi connectivity index (χ3n) is 5.63. The van der Waals surface area contributed by atoms with Crippen molar-refractivity contribution in [2.75, 3.05) is 0 Å². The van der Waals surface area contributed by atoms with Gasteiger partial charge in [0.05, 0.1) is 5.56 Å². The van der Waals surface area contributed by atoms with Crippen molar-refractivity contribution in [1.82, 2.24) is 14.5 Å². The van der Waals surface area contributed by atoms with E-state index in [0.717, 1.165) is 22.4 Å². The number of aromatic carboxylic acids is 1. The highest BCUT2D eigenvalue weighted by molar-refractivity contribution is 5.96. The highest BCUT2D eigenvalue weighted by Gasteiger charge is 2.15. The number of aryl methyl sites for hydroxylation is 1. The molecule has 0 radical (unpaired) electrons. The van der Waals surface area contributed by atoms with E-state index in [4.69, 9.17) is 9.15 Å². The summed E-state index contributed by atoms with van der Waals surface area (Å²) in [7, 11) is 0. The molecule has 0 amide bonds. The number of hydrogen-bond donors (Lipinski definition) is 1. The zero-order chi connectivity index (χ0) is 24.2. The maximum Gasteiger partial charge on any atom is 0.337 e. The summed E-state index contributed by atoms with van der Waals surface area (Å²) in [6.45, 7) is 2.60. The van der Waals surface area contributed by atoms with Crippen LogP contribution in [0.25, 0.3) is 22.6 Å². The molecule has 5 rings (SSSR count). The number of benzene rings is 2. The van der Waals surface area contributed by atoms with Crippen LogP contribution in [0.15, 0.2) is 95.8 Å². The lowest BCUT2D eigenvalue weighted by Crippen LogP contribution is -2.01. The molecule has 0 bridgehead atoms. The molecule has 0 aliphatic carbocycles. The molecule has 0 aliphatic rings. The summed E-state index contributed by atoms with van der Waals surface area (Å²) in [6.07, 6.45) is 5.22.